The van der Waals surface area contributed by atoms with Gasteiger partial charge in [-0.2, -0.15) is 0 Å². The summed E-state index contributed by atoms with van der Waals surface area (Å²) in [5.74, 6) is -0.827. The van der Waals surface area contributed by atoms with Gasteiger partial charge >= 0.3 is 5.97 Å². The number of Topliss-reactive ketones (excluding diaryl/α,β-unsaturated/α-hetero) is 1. The van der Waals surface area contributed by atoms with Gasteiger partial charge in [0.05, 0.1) is 12.4 Å². The van der Waals surface area contributed by atoms with E-state index < -0.39 is 5.97 Å². The number of esters is 1. The van der Waals surface area contributed by atoms with Gasteiger partial charge in [-0.1, -0.05) is 0 Å². The highest BCUT2D eigenvalue weighted by molar-refractivity contribution is 5.94. The van der Waals surface area contributed by atoms with E-state index >= 15 is 0 Å². The monoisotopic (exact) mass is 216 g/mol. The molecule has 0 atom stereocenters. The normalized spacial score (nSPS) is 11.9. The van der Waals surface area contributed by atoms with Crippen molar-refractivity contribution in [3.05, 3.63) is 11.3 Å². The van der Waals surface area contributed by atoms with Crippen LogP contribution in [0, 0.1) is 0 Å². The van der Waals surface area contributed by atoms with E-state index in [1.165, 1.54) is 13.8 Å². The van der Waals surface area contributed by atoms with Gasteiger partial charge < -0.3 is 14.9 Å². The van der Waals surface area contributed by atoms with Gasteiger partial charge in [0, 0.05) is 12.0 Å². The number of ketones is 1. The second kappa shape index (κ2) is 7.00. The Balaban J connectivity index is 4.08. The van der Waals surface area contributed by atoms with Crippen LogP contribution in [0.25, 0.3) is 0 Å². The van der Waals surface area contributed by atoms with E-state index in [-0.39, 0.29) is 43.2 Å². The first-order valence-corrected chi connectivity index (χ1v) is 4.65. The predicted octanol–water partition coefficient (Wildman–Crippen LogP) is 0.723. The Labute approximate surface area is 88.4 Å². The summed E-state index contributed by atoms with van der Waals surface area (Å²) in [4.78, 5) is 22.0. The molecule has 0 aliphatic heterocycles. The van der Waals surface area contributed by atoms with Crippen molar-refractivity contribution in [3.63, 3.8) is 0 Å². The maximum atomic E-state index is 11.0. The first-order chi connectivity index (χ1) is 6.99. The summed E-state index contributed by atoms with van der Waals surface area (Å²) in [7, 11) is 0. The van der Waals surface area contributed by atoms with E-state index in [1.54, 1.807) is 0 Å². The molecule has 15 heavy (non-hydrogen) atoms. The number of carbonyl (C=O) groups is 2. The molecule has 5 nitrogen and oxygen atoms in total. The Morgan fingerprint density at radius 2 is 1.80 bits per heavy atom. The Bertz CT molecular complexity index is 263. The minimum absolute atomic E-state index is 0.0206. The van der Waals surface area contributed by atoms with Gasteiger partial charge in [0.2, 0.25) is 0 Å². The lowest BCUT2D eigenvalue weighted by Crippen LogP contribution is -2.10. The van der Waals surface area contributed by atoms with Crippen LogP contribution in [0.5, 0.6) is 0 Å². The number of hydrogen-bond acceptors (Lipinski definition) is 5. The van der Waals surface area contributed by atoms with Crippen molar-refractivity contribution in [2.24, 2.45) is 0 Å². The van der Waals surface area contributed by atoms with Crippen LogP contribution < -0.4 is 0 Å². The number of aliphatic hydroxyl groups is 2. The quantitative estimate of drug-likeness (QED) is 0.388. The van der Waals surface area contributed by atoms with Crippen LogP contribution in [-0.4, -0.2) is 35.2 Å². The standard InChI is InChI=1S/C10H16O5/c1-7(12)9(8(2)13)3-4-10(14)15-6-5-11/h11-12H,3-6H2,1-2H3/b9-7+. The lowest BCUT2D eigenvalue weighted by Gasteiger charge is -2.05. The Morgan fingerprint density at radius 3 is 2.20 bits per heavy atom. The highest BCUT2D eigenvalue weighted by Gasteiger charge is 2.11. The Kier molecular flexibility index (Phi) is 6.37. The first-order valence-electron chi connectivity index (χ1n) is 4.65. The molecule has 0 aromatic carbocycles. The summed E-state index contributed by atoms with van der Waals surface area (Å²) >= 11 is 0. The lowest BCUT2D eigenvalue weighted by atomic mass is 10.1. The lowest BCUT2D eigenvalue weighted by molar-refractivity contribution is -0.144. The number of rotatable bonds is 6. The molecular weight excluding hydrogens is 200 g/mol. The van der Waals surface area contributed by atoms with Gasteiger partial charge in [0.15, 0.2) is 5.78 Å². The molecule has 0 aromatic heterocycles. The zero-order chi connectivity index (χ0) is 11.8. The Morgan fingerprint density at radius 1 is 1.20 bits per heavy atom. The van der Waals surface area contributed by atoms with Crippen molar-refractivity contribution in [2.75, 3.05) is 13.2 Å². The molecular formula is C10H16O5. The molecule has 0 saturated heterocycles. The van der Waals surface area contributed by atoms with Crippen LogP contribution in [-0.2, 0) is 14.3 Å². The smallest absolute Gasteiger partial charge is 0.306 e. The van der Waals surface area contributed by atoms with Crippen LogP contribution in [0.2, 0.25) is 0 Å². The molecule has 2 N–H and O–H groups in total. The van der Waals surface area contributed by atoms with Crippen LogP contribution in [0.3, 0.4) is 0 Å². The summed E-state index contributed by atoms with van der Waals surface area (Å²) in [6, 6.07) is 0. The van der Waals surface area contributed by atoms with Gasteiger partial charge in [-0.15, -0.1) is 0 Å². The van der Waals surface area contributed by atoms with Gasteiger partial charge in [-0.3, -0.25) is 9.59 Å². The maximum absolute atomic E-state index is 11.0. The fraction of sp³-hybridized carbons (Fsp3) is 0.600. The number of carbonyl (C=O) groups excluding carboxylic acids is 2. The molecule has 86 valence electrons. The molecule has 0 saturated carbocycles. The third kappa shape index (κ3) is 5.85. The van der Waals surface area contributed by atoms with Gasteiger partial charge in [-0.25, -0.2) is 0 Å². The third-order valence-corrected chi connectivity index (χ3v) is 1.80. The molecule has 0 rings (SSSR count). The van der Waals surface area contributed by atoms with Gasteiger partial charge in [0.1, 0.15) is 6.61 Å². The van der Waals surface area contributed by atoms with Crippen LogP contribution in [0.4, 0.5) is 0 Å². The summed E-state index contributed by atoms with van der Waals surface area (Å²) in [5, 5.41) is 17.5. The van der Waals surface area contributed by atoms with E-state index in [9.17, 15) is 9.59 Å². The average molecular weight is 216 g/mol. The molecule has 0 heterocycles. The zero-order valence-electron chi connectivity index (χ0n) is 8.95. The number of aliphatic hydroxyl groups excluding tert-OH is 2. The fourth-order valence-corrected chi connectivity index (χ4v) is 1.07. The van der Waals surface area contributed by atoms with Gasteiger partial charge in [0.25, 0.3) is 0 Å². The molecule has 0 unspecified atom stereocenters. The van der Waals surface area contributed by atoms with E-state index in [0.29, 0.717) is 0 Å². The number of allylic oxidation sites excluding steroid dienone is 2. The highest BCUT2D eigenvalue weighted by Crippen LogP contribution is 2.11. The van der Waals surface area contributed by atoms with E-state index in [1.807, 2.05) is 0 Å². The van der Waals surface area contributed by atoms with Crippen LogP contribution in [0.1, 0.15) is 26.7 Å². The van der Waals surface area contributed by atoms with E-state index in [2.05, 4.69) is 4.74 Å². The van der Waals surface area contributed by atoms with Crippen molar-refractivity contribution in [1.29, 1.82) is 0 Å². The summed E-state index contributed by atoms with van der Waals surface area (Å²) < 4.78 is 4.60. The Hall–Kier alpha value is -1.36. The number of ether oxygens (including phenoxy) is 1. The zero-order valence-corrected chi connectivity index (χ0v) is 8.95. The van der Waals surface area contributed by atoms with E-state index in [4.69, 9.17) is 10.2 Å². The topological polar surface area (TPSA) is 83.8 Å². The second-order valence-corrected chi connectivity index (χ2v) is 3.06. The highest BCUT2D eigenvalue weighted by atomic mass is 16.5. The third-order valence-electron chi connectivity index (χ3n) is 1.80. The largest absolute Gasteiger partial charge is 0.512 e. The molecule has 0 amide bonds. The number of hydrogen-bond donors (Lipinski definition) is 2. The SMILES string of the molecule is CC(=O)/C(CCC(=O)OCCO)=C(\C)O. The predicted molar refractivity (Wildman–Crippen MR) is 53.3 cm³/mol. The molecule has 0 fully saturated rings. The molecule has 0 aliphatic carbocycles. The summed E-state index contributed by atoms with van der Waals surface area (Å²) in [5.41, 5.74) is 0.232. The van der Waals surface area contributed by atoms with Crippen LogP contribution >= 0.6 is 0 Å². The van der Waals surface area contributed by atoms with Crippen molar-refractivity contribution < 1.29 is 24.5 Å². The minimum Gasteiger partial charge on any atom is -0.512 e. The van der Waals surface area contributed by atoms with Crippen LogP contribution in [0.15, 0.2) is 11.3 Å². The van der Waals surface area contributed by atoms with Crippen molar-refractivity contribution in [2.45, 2.75) is 26.7 Å². The fourth-order valence-electron chi connectivity index (χ4n) is 1.07. The molecule has 0 aliphatic rings. The van der Waals surface area contributed by atoms with E-state index in [0.717, 1.165) is 0 Å². The molecule has 0 aromatic rings. The maximum Gasteiger partial charge on any atom is 0.306 e. The summed E-state index contributed by atoms with van der Waals surface area (Å²) in [6.45, 7) is 2.46. The minimum atomic E-state index is -0.496. The molecule has 5 heteroatoms. The second-order valence-electron chi connectivity index (χ2n) is 3.06. The molecule has 0 bridgehead atoms. The molecule has 0 radical (unpaired) electrons. The van der Waals surface area contributed by atoms with Gasteiger partial charge in [-0.05, 0) is 20.3 Å². The molecule has 0 spiro atoms. The summed E-state index contributed by atoms with van der Waals surface area (Å²) in [6.07, 6.45) is 0.175. The van der Waals surface area contributed by atoms with Crippen molar-refractivity contribution in [1.82, 2.24) is 0 Å². The average Bonchev–Trinajstić information content (AvgIpc) is 2.13. The van der Waals surface area contributed by atoms with Crippen molar-refractivity contribution >= 4 is 11.8 Å². The van der Waals surface area contributed by atoms with Crippen molar-refractivity contribution in [3.8, 4) is 0 Å². The first kappa shape index (κ1) is 13.6.